The number of nitrogens with two attached hydrogens (primary N) is 1. The van der Waals surface area contributed by atoms with Crippen LogP contribution in [-0.2, 0) is 6.42 Å². The summed E-state index contributed by atoms with van der Waals surface area (Å²) in [6.07, 6.45) is 0.876. The van der Waals surface area contributed by atoms with Crippen molar-refractivity contribution in [2.45, 2.75) is 33.2 Å². The molecule has 0 heterocycles. The minimum absolute atomic E-state index is 0.167. The maximum absolute atomic E-state index is 6.02. The van der Waals surface area contributed by atoms with Crippen LogP contribution in [0.2, 0.25) is 5.02 Å². The number of rotatable bonds is 4. The Balaban J connectivity index is 2.19. The average molecular weight is 290 g/mol. The van der Waals surface area contributed by atoms with Gasteiger partial charge in [-0.3, -0.25) is 0 Å². The van der Waals surface area contributed by atoms with Gasteiger partial charge in [0, 0.05) is 11.1 Å². The lowest BCUT2D eigenvalue weighted by Crippen LogP contribution is -2.17. The van der Waals surface area contributed by atoms with Crippen molar-refractivity contribution in [2.75, 3.05) is 0 Å². The minimum atomic E-state index is 0.167. The molecule has 0 amide bonds. The van der Waals surface area contributed by atoms with E-state index in [-0.39, 0.29) is 6.04 Å². The van der Waals surface area contributed by atoms with Crippen LogP contribution >= 0.6 is 11.6 Å². The van der Waals surface area contributed by atoms with Gasteiger partial charge in [0.05, 0.1) is 0 Å². The summed E-state index contributed by atoms with van der Waals surface area (Å²) in [7, 11) is 0. The zero-order chi connectivity index (χ0) is 14.7. The first kappa shape index (κ1) is 14.9. The number of ether oxygens (including phenoxy) is 1. The predicted molar refractivity (Wildman–Crippen MR) is 84.8 cm³/mol. The molecule has 0 radical (unpaired) electrons. The van der Waals surface area contributed by atoms with Crippen LogP contribution in [-0.4, -0.2) is 6.04 Å². The first-order chi connectivity index (χ1) is 9.45. The van der Waals surface area contributed by atoms with Crippen molar-refractivity contribution in [2.24, 2.45) is 5.73 Å². The summed E-state index contributed by atoms with van der Waals surface area (Å²) in [5, 5.41) is 0.751. The Morgan fingerprint density at radius 2 is 1.85 bits per heavy atom. The average Bonchev–Trinajstić information content (AvgIpc) is 2.36. The van der Waals surface area contributed by atoms with Gasteiger partial charge in [0.25, 0.3) is 0 Å². The summed E-state index contributed by atoms with van der Waals surface area (Å²) in [6.45, 7) is 6.02. The first-order valence-corrected chi connectivity index (χ1v) is 7.12. The number of hydrogen-bond donors (Lipinski definition) is 1. The van der Waals surface area contributed by atoms with Crippen molar-refractivity contribution in [1.82, 2.24) is 0 Å². The second-order valence-electron chi connectivity index (χ2n) is 5.29. The van der Waals surface area contributed by atoms with Crippen LogP contribution in [0.4, 0.5) is 0 Å². The van der Waals surface area contributed by atoms with Crippen LogP contribution in [0.3, 0.4) is 0 Å². The highest BCUT2D eigenvalue weighted by Crippen LogP contribution is 2.28. The van der Waals surface area contributed by atoms with E-state index in [1.165, 1.54) is 5.56 Å². The Kier molecular flexibility index (Phi) is 4.69. The fraction of sp³-hybridized carbons (Fsp3) is 0.294. The van der Waals surface area contributed by atoms with E-state index >= 15 is 0 Å². The van der Waals surface area contributed by atoms with Crippen LogP contribution in [0.15, 0.2) is 36.4 Å². The molecule has 3 heteroatoms. The third kappa shape index (κ3) is 3.75. The van der Waals surface area contributed by atoms with E-state index in [1.807, 2.05) is 45.0 Å². The van der Waals surface area contributed by atoms with Gasteiger partial charge in [-0.05, 0) is 68.1 Å². The Hall–Kier alpha value is -1.51. The summed E-state index contributed by atoms with van der Waals surface area (Å²) in [4.78, 5) is 0. The number of halogens is 1. The van der Waals surface area contributed by atoms with Crippen molar-refractivity contribution >= 4 is 11.6 Å². The van der Waals surface area contributed by atoms with Gasteiger partial charge in [-0.1, -0.05) is 23.7 Å². The molecule has 2 aromatic rings. The molecule has 0 aliphatic heterocycles. The molecule has 2 N–H and O–H groups in total. The van der Waals surface area contributed by atoms with Gasteiger partial charge in [0.2, 0.25) is 0 Å². The second kappa shape index (κ2) is 6.29. The van der Waals surface area contributed by atoms with E-state index < -0.39 is 0 Å². The standard InChI is InChI=1S/C17H20ClNO/c1-11-9-15(5-6-16(11)18)20-17-7-4-14(8-12(17)2)10-13(3)19/h4-9,13H,10,19H2,1-3H3. The molecular weight excluding hydrogens is 270 g/mol. The topological polar surface area (TPSA) is 35.2 Å². The largest absolute Gasteiger partial charge is 0.457 e. The van der Waals surface area contributed by atoms with E-state index in [9.17, 15) is 0 Å². The van der Waals surface area contributed by atoms with Crippen LogP contribution in [0, 0.1) is 13.8 Å². The van der Waals surface area contributed by atoms with E-state index in [0.717, 1.165) is 34.1 Å². The number of aryl methyl sites for hydroxylation is 2. The predicted octanol–water partition coefficient (Wildman–Crippen LogP) is 4.64. The number of hydrogen-bond acceptors (Lipinski definition) is 2. The first-order valence-electron chi connectivity index (χ1n) is 6.75. The third-order valence-electron chi connectivity index (χ3n) is 3.15. The van der Waals surface area contributed by atoms with Crippen molar-refractivity contribution in [3.05, 3.63) is 58.1 Å². The number of benzene rings is 2. The van der Waals surface area contributed by atoms with Gasteiger partial charge < -0.3 is 10.5 Å². The van der Waals surface area contributed by atoms with Gasteiger partial charge in [-0.25, -0.2) is 0 Å². The summed E-state index contributed by atoms with van der Waals surface area (Å²) < 4.78 is 5.92. The zero-order valence-electron chi connectivity index (χ0n) is 12.1. The molecule has 0 saturated carbocycles. The highest BCUT2D eigenvalue weighted by Gasteiger charge is 2.05. The molecule has 2 aromatic carbocycles. The van der Waals surface area contributed by atoms with Crippen molar-refractivity contribution in [3.63, 3.8) is 0 Å². The van der Waals surface area contributed by atoms with Gasteiger partial charge in [-0.15, -0.1) is 0 Å². The van der Waals surface area contributed by atoms with Crippen molar-refractivity contribution in [3.8, 4) is 11.5 Å². The molecule has 0 aromatic heterocycles. The van der Waals surface area contributed by atoms with Gasteiger partial charge in [0.15, 0.2) is 0 Å². The fourth-order valence-electron chi connectivity index (χ4n) is 2.13. The van der Waals surface area contributed by atoms with E-state index in [4.69, 9.17) is 22.1 Å². The van der Waals surface area contributed by atoms with Crippen LogP contribution in [0.1, 0.15) is 23.6 Å². The van der Waals surface area contributed by atoms with Gasteiger partial charge in [-0.2, -0.15) is 0 Å². The summed E-state index contributed by atoms with van der Waals surface area (Å²) in [6, 6.07) is 12.0. The fourth-order valence-corrected chi connectivity index (χ4v) is 2.25. The molecule has 0 saturated heterocycles. The van der Waals surface area contributed by atoms with E-state index in [0.29, 0.717) is 0 Å². The zero-order valence-corrected chi connectivity index (χ0v) is 12.9. The van der Waals surface area contributed by atoms with Crippen LogP contribution < -0.4 is 10.5 Å². The van der Waals surface area contributed by atoms with Gasteiger partial charge in [0.1, 0.15) is 11.5 Å². The van der Waals surface area contributed by atoms with Gasteiger partial charge >= 0.3 is 0 Å². The van der Waals surface area contributed by atoms with Crippen LogP contribution in [0.5, 0.6) is 11.5 Å². The Labute approximate surface area is 125 Å². The Morgan fingerprint density at radius 1 is 1.10 bits per heavy atom. The Morgan fingerprint density at radius 3 is 2.45 bits per heavy atom. The molecule has 20 heavy (non-hydrogen) atoms. The molecule has 1 atom stereocenters. The molecule has 1 unspecified atom stereocenters. The lowest BCUT2D eigenvalue weighted by Gasteiger charge is -2.12. The quantitative estimate of drug-likeness (QED) is 0.890. The third-order valence-corrected chi connectivity index (χ3v) is 3.58. The molecule has 0 aliphatic rings. The minimum Gasteiger partial charge on any atom is -0.457 e. The molecule has 0 bridgehead atoms. The monoisotopic (exact) mass is 289 g/mol. The molecule has 0 spiro atoms. The Bertz CT molecular complexity index is 608. The smallest absolute Gasteiger partial charge is 0.130 e. The van der Waals surface area contributed by atoms with Crippen molar-refractivity contribution in [1.29, 1.82) is 0 Å². The maximum Gasteiger partial charge on any atom is 0.130 e. The summed E-state index contributed by atoms with van der Waals surface area (Å²) in [5.41, 5.74) is 9.17. The molecule has 0 fully saturated rings. The van der Waals surface area contributed by atoms with Crippen molar-refractivity contribution < 1.29 is 4.74 Å². The lowest BCUT2D eigenvalue weighted by molar-refractivity contribution is 0.478. The SMILES string of the molecule is Cc1cc(Oc2ccc(CC(C)N)cc2C)ccc1Cl. The van der Waals surface area contributed by atoms with Crippen LogP contribution in [0.25, 0.3) is 0 Å². The van der Waals surface area contributed by atoms with E-state index in [2.05, 4.69) is 12.1 Å². The van der Waals surface area contributed by atoms with E-state index in [1.54, 1.807) is 0 Å². The molecular formula is C17H20ClNO. The highest BCUT2D eigenvalue weighted by molar-refractivity contribution is 6.31. The summed E-state index contributed by atoms with van der Waals surface area (Å²) in [5.74, 6) is 1.66. The normalized spacial score (nSPS) is 12.2. The molecule has 2 nitrogen and oxygen atoms in total. The second-order valence-corrected chi connectivity index (χ2v) is 5.70. The molecule has 2 rings (SSSR count). The molecule has 0 aliphatic carbocycles. The maximum atomic E-state index is 6.02. The molecule has 106 valence electrons. The summed E-state index contributed by atoms with van der Waals surface area (Å²) >= 11 is 6.02. The lowest BCUT2D eigenvalue weighted by atomic mass is 10.0. The highest BCUT2D eigenvalue weighted by atomic mass is 35.5.